The minimum Gasteiger partial charge on any atom is -0.0623 e. The maximum Gasteiger partial charge on any atom is -0.0181 e. The van der Waals surface area contributed by atoms with Crippen LogP contribution in [0.1, 0.15) is 16.7 Å². The first-order chi connectivity index (χ1) is 22.1. The molecule has 222 valence electrons. The van der Waals surface area contributed by atoms with Crippen LogP contribution in [-0.4, -0.2) is 0 Å². The lowest BCUT2D eigenvalue weighted by atomic mass is 10.0. The summed E-state index contributed by atoms with van der Waals surface area (Å²) in [5.41, 5.74) is 11.6. The molecule has 0 heterocycles. The second-order valence-corrected chi connectivity index (χ2v) is 10.9. The van der Waals surface area contributed by atoms with Crippen molar-refractivity contribution in [3.8, 4) is 33.4 Å². The highest BCUT2D eigenvalue weighted by Gasteiger charge is 1.96. The van der Waals surface area contributed by atoms with E-state index in [0.717, 1.165) is 0 Å². The van der Waals surface area contributed by atoms with Gasteiger partial charge in [0, 0.05) is 0 Å². The van der Waals surface area contributed by atoms with Crippen LogP contribution in [0.5, 0.6) is 0 Å². The Morgan fingerprint density at radius 2 is 0.400 bits per heavy atom. The molecule has 7 rings (SSSR count). The third-order valence-electron chi connectivity index (χ3n) is 7.04. The van der Waals surface area contributed by atoms with E-state index in [4.69, 9.17) is 0 Å². The predicted molar refractivity (Wildman–Crippen MR) is 196 cm³/mol. The van der Waals surface area contributed by atoms with Gasteiger partial charge in [-0.3, -0.25) is 0 Å². The number of benzene rings is 7. The zero-order valence-electron chi connectivity index (χ0n) is 26.6. The van der Waals surface area contributed by atoms with Gasteiger partial charge in [0.25, 0.3) is 0 Å². The van der Waals surface area contributed by atoms with Crippen molar-refractivity contribution in [1.82, 2.24) is 0 Å². The fourth-order valence-corrected chi connectivity index (χ4v) is 4.75. The molecule has 0 spiro atoms. The lowest BCUT2D eigenvalue weighted by Gasteiger charge is -2.01. The van der Waals surface area contributed by atoms with Gasteiger partial charge in [-0.2, -0.15) is 0 Å². The van der Waals surface area contributed by atoms with Crippen LogP contribution in [0, 0.1) is 20.8 Å². The summed E-state index contributed by atoms with van der Waals surface area (Å²) in [4.78, 5) is 0. The quantitative estimate of drug-likeness (QED) is 0.194. The third kappa shape index (κ3) is 11.6. The van der Waals surface area contributed by atoms with Gasteiger partial charge in [0.1, 0.15) is 0 Å². The molecule has 0 aliphatic rings. The van der Waals surface area contributed by atoms with E-state index < -0.39 is 0 Å². The van der Waals surface area contributed by atoms with Gasteiger partial charge in [0.15, 0.2) is 0 Å². The Balaban J connectivity index is 0.000000141. The van der Waals surface area contributed by atoms with Crippen molar-refractivity contribution in [2.45, 2.75) is 20.8 Å². The van der Waals surface area contributed by atoms with Crippen LogP contribution >= 0.6 is 0 Å². The van der Waals surface area contributed by atoms with Gasteiger partial charge in [-0.25, -0.2) is 0 Å². The molecule has 0 aromatic heterocycles. The fourth-order valence-electron chi connectivity index (χ4n) is 4.75. The summed E-state index contributed by atoms with van der Waals surface area (Å²) in [6.07, 6.45) is 0. The lowest BCUT2D eigenvalue weighted by molar-refractivity contribution is 1.47. The number of hydrogen-bond donors (Lipinski definition) is 0. The first kappa shape index (κ1) is 32.5. The molecule has 0 radical (unpaired) electrons. The second-order valence-electron chi connectivity index (χ2n) is 10.9. The summed E-state index contributed by atoms with van der Waals surface area (Å²) in [6.45, 7) is 6.35. The van der Waals surface area contributed by atoms with E-state index in [9.17, 15) is 0 Å². The largest absolute Gasteiger partial charge is 0.0623 e. The van der Waals surface area contributed by atoms with Crippen LogP contribution in [0.15, 0.2) is 200 Å². The second kappa shape index (κ2) is 18.3. The molecule has 0 N–H and O–H groups in total. The van der Waals surface area contributed by atoms with Gasteiger partial charge in [-0.15, -0.1) is 0 Å². The molecular weight excluding hydrogens is 540 g/mol. The van der Waals surface area contributed by atoms with Gasteiger partial charge >= 0.3 is 0 Å². The summed E-state index contributed by atoms with van der Waals surface area (Å²) >= 11 is 0. The first-order valence-electron chi connectivity index (χ1n) is 15.4. The number of rotatable bonds is 3. The molecule has 0 bridgehead atoms. The van der Waals surface area contributed by atoms with E-state index in [-0.39, 0.29) is 0 Å². The predicted octanol–water partition coefficient (Wildman–Crippen LogP) is 12.7. The smallest absolute Gasteiger partial charge is 0.0181 e. The highest BCUT2D eigenvalue weighted by molar-refractivity contribution is 5.65. The standard InChI is InChI=1S/3C13H12.C6H6/c3*1-11-6-5-9-13(10-11)12-7-3-2-4-8-12;1-2-4-6-5-3-1/h3*2-10H,1H3;1-6H. The van der Waals surface area contributed by atoms with Gasteiger partial charge in [-0.05, 0) is 54.2 Å². The van der Waals surface area contributed by atoms with Crippen LogP contribution < -0.4 is 0 Å². The van der Waals surface area contributed by atoms with Crippen LogP contribution in [-0.2, 0) is 0 Å². The van der Waals surface area contributed by atoms with Crippen LogP contribution in [0.25, 0.3) is 33.4 Å². The van der Waals surface area contributed by atoms with Crippen molar-refractivity contribution < 1.29 is 0 Å². The Kier molecular flexibility index (Phi) is 13.2. The summed E-state index contributed by atoms with van der Waals surface area (Å²) in [7, 11) is 0. The first-order valence-corrected chi connectivity index (χ1v) is 15.4. The van der Waals surface area contributed by atoms with E-state index in [1.54, 1.807) is 0 Å². The minimum absolute atomic E-state index is 1.28. The zero-order chi connectivity index (χ0) is 31.5. The van der Waals surface area contributed by atoms with Crippen LogP contribution in [0.3, 0.4) is 0 Å². The molecule has 0 aliphatic carbocycles. The van der Waals surface area contributed by atoms with Gasteiger partial charge in [-0.1, -0.05) is 217 Å². The summed E-state index contributed by atoms with van der Waals surface area (Å²) in [5, 5.41) is 0. The molecule has 0 nitrogen and oxygen atoms in total. The minimum atomic E-state index is 1.28. The number of hydrogen-bond acceptors (Lipinski definition) is 0. The van der Waals surface area contributed by atoms with Crippen molar-refractivity contribution in [2.75, 3.05) is 0 Å². The summed E-state index contributed by atoms with van der Waals surface area (Å²) in [6, 6.07) is 69.0. The molecule has 0 fully saturated rings. The van der Waals surface area contributed by atoms with Crippen molar-refractivity contribution in [3.63, 3.8) is 0 Å². The monoisotopic (exact) mass is 582 g/mol. The lowest BCUT2D eigenvalue weighted by Crippen LogP contribution is -1.77. The Labute approximate surface area is 270 Å². The third-order valence-corrected chi connectivity index (χ3v) is 7.04. The Bertz CT molecular complexity index is 1570. The van der Waals surface area contributed by atoms with Crippen molar-refractivity contribution in [1.29, 1.82) is 0 Å². The molecule has 0 atom stereocenters. The Morgan fingerprint density at radius 3 is 0.622 bits per heavy atom. The van der Waals surface area contributed by atoms with Crippen molar-refractivity contribution >= 4 is 0 Å². The van der Waals surface area contributed by atoms with E-state index in [2.05, 4.69) is 166 Å². The van der Waals surface area contributed by atoms with Gasteiger partial charge in [0.05, 0.1) is 0 Å². The van der Waals surface area contributed by atoms with Gasteiger partial charge in [0.2, 0.25) is 0 Å². The summed E-state index contributed by atoms with van der Waals surface area (Å²) < 4.78 is 0. The van der Waals surface area contributed by atoms with Gasteiger partial charge < -0.3 is 0 Å². The average Bonchev–Trinajstić information content (AvgIpc) is 3.11. The van der Waals surface area contributed by atoms with Crippen LogP contribution in [0.2, 0.25) is 0 Å². The molecule has 0 unspecified atom stereocenters. The van der Waals surface area contributed by atoms with Crippen molar-refractivity contribution in [2.24, 2.45) is 0 Å². The van der Waals surface area contributed by atoms with E-state index in [1.165, 1.54) is 50.1 Å². The topological polar surface area (TPSA) is 0 Å². The fraction of sp³-hybridized carbons (Fsp3) is 0.0667. The SMILES string of the molecule is Cc1cccc(-c2ccccc2)c1.Cc1cccc(-c2ccccc2)c1.Cc1cccc(-c2ccccc2)c1.c1ccccc1. The Hall–Kier alpha value is -5.46. The molecular formula is C45H42. The molecule has 0 aliphatic heterocycles. The molecule has 0 heteroatoms. The van der Waals surface area contributed by atoms with E-state index in [0.29, 0.717) is 0 Å². The molecule has 0 amide bonds. The van der Waals surface area contributed by atoms with E-state index in [1.807, 2.05) is 54.6 Å². The molecule has 0 saturated carbocycles. The van der Waals surface area contributed by atoms with Crippen molar-refractivity contribution in [3.05, 3.63) is 217 Å². The number of aryl methyl sites for hydroxylation is 3. The highest BCUT2D eigenvalue weighted by Crippen LogP contribution is 2.21. The molecule has 7 aromatic rings. The molecule has 45 heavy (non-hydrogen) atoms. The van der Waals surface area contributed by atoms with Crippen LogP contribution in [0.4, 0.5) is 0 Å². The molecule has 7 aromatic carbocycles. The Morgan fingerprint density at radius 1 is 0.200 bits per heavy atom. The normalized spacial score (nSPS) is 9.67. The molecule has 0 saturated heterocycles. The summed E-state index contributed by atoms with van der Waals surface area (Å²) in [5.74, 6) is 0. The zero-order valence-corrected chi connectivity index (χ0v) is 26.6. The highest BCUT2D eigenvalue weighted by atomic mass is 14.0. The maximum absolute atomic E-state index is 2.20. The average molecular weight is 583 g/mol. The van der Waals surface area contributed by atoms with E-state index >= 15 is 0 Å². The maximum atomic E-state index is 2.20.